The molecule has 0 saturated heterocycles. The number of hydrogen-bond acceptors (Lipinski definition) is 2. The lowest BCUT2D eigenvalue weighted by molar-refractivity contribution is 0.0988. The molecule has 0 aliphatic rings. The van der Waals surface area contributed by atoms with E-state index >= 15 is 0 Å². The zero-order valence-corrected chi connectivity index (χ0v) is 11.3. The van der Waals surface area contributed by atoms with Gasteiger partial charge in [-0.1, -0.05) is 35.0 Å². The maximum absolute atomic E-state index is 11.9. The Morgan fingerprint density at radius 1 is 1.38 bits per heavy atom. The second-order valence-corrected chi connectivity index (χ2v) is 4.22. The van der Waals surface area contributed by atoms with Crippen LogP contribution in [-0.4, -0.2) is 17.7 Å². The van der Waals surface area contributed by atoms with Gasteiger partial charge >= 0.3 is 0 Å². The van der Waals surface area contributed by atoms with Crippen molar-refractivity contribution in [3.8, 4) is 5.75 Å². The molecule has 0 atom stereocenters. The first kappa shape index (κ1) is 13.2. The maximum atomic E-state index is 11.9. The molecule has 3 heteroatoms. The van der Waals surface area contributed by atoms with E-state index in [4.69, 9.17) is 4.74 Å². The van der Waals surface area contributed by atoms with Crippen molar-refractivity contribution < 1.29 is 9.53 Å². The Labute approximate surface area is 105 Å². The molecule has 1 aromatic carbocycles. The average molecular weight is 285 g/mol. The van der Waals surface area contributed by atoms with E-state index in [0.717, 1.165) is 23.3 Å². The molecule has 0 radical (unpaired) electrons. The van der Waals surface area contributed by atoms with Crippen LogP contribution >= 0.6 is 15.9 Å². The summed E-state index contributed by atoms with van der Waals surface area (Å²) in [6.45, 7) is 4.62. The second kappa shape index (κ2) is 6.69. The fourth-order valence-corrected chi connectivity index (χ4v) is 2.06. The fraction of sp³-hybridized carbons (Fsp3) is 0.462. The third-order valence-electron chi connectivity index (χ3n) is 2.41. The quantitative estimate of drug-likeness (QED) is 0.589. The Kier molecular flexibility index (Phi) is 5.53. The van der Waals surface area contributed by atoms with Crippen LogP contribution in [0.2, 0.25) is 0 Å². The standard InChI is InChI=1S/C13H17BrO2/c1-3-10-11(12(15)8-9-14)6-5-7-13(10)16-4-2/h5-7H,3-4,8-9H2,1-2H3. The van der Waals surface area contributed by atoms with Gasteiger partial charge in [0.15, 0.2) is 5.78 Å². The van der Waals surface area contributed by atoms with Crippen LogP contribution in [0.5, 0.6) is 5.75 Å². The first-order valence-electron chi connectivity index (χ1n) is 5.58. The normalized spacial score (nSPS) is 10.2. The molecule has 2 nitrogen and oxygen atoms in total. The average Bonchev–Trinajstić information content (AvgIpc) is 2.29. The smallest absolute Gasteiger partial charge is 0.164 e. The third kappa shape index (κ3) is 3.08. The summed E-state index contributed by atoms with van der Waals surface area (Å²) in [4.78, 5) is 11.9. The van der Waals surface area contributed by atoms with E-state index in [1.54, 1.807) is 0 Å². The van der Waals surface area contributed by atoms with Crippen LogP contribution in [0.15, 0.2) is 18.2 Å². The lowest BCUT2D eigenvalue weighted by atomic mass is 9.99. The topological polar surface area (TPSA) is 26.3 Å². The van der Waals surface area contributed by atoms with Crippen LogP contribution in [0.3, 0.4) is 0 Å². The molecular formula is C13H17BrO2. The Bertz CT molecular complexity index is 361. The number of carbonyl (C=O) groups excluding carboxylic acids is 1. The van der Waals surface area contributed by atoms with Gasteiger partial charge in [-0.15, -0.1) is 0 Å². The molecular weight excluding hydrogens is 268 g/mol. The number of halogens is 1. The van der Waals surface area contributed by atoms with Crippen molar-refractivity contribution in [2.75, 3.05) is 11.9 Å². The molecule has 0 N–H and O–H groups in total. The first-order valence-corrected chi connectivity index (χ1v) is 6.70. The van der Waals surface area contributed by atoms with Crippen molar-refractivity contribution >= 4 is 21.7 Å². The minimum Gasteiger partial charge on any atom is -0.494 e. The molecule has 16 heavy (non-hydrogen) atoms. The molecule has 0 unspecified atom stereocenters. The number of alkyl halides is 1. The predicted molar refractivity (Wildman–Crippen MR) is 69.7 cm³/mol. The zero-order valence-electron chi connectivity index (χ0n) is 9.75. The summed E-state index contributed by atoms with van der Waals surface area (Å²) in [5.41, 5.74) is 1.82. The molecule has 0 saturated carbocycles. The predicted octanol–water partition coefficient (Wildman–Crippen LogP) is 3.62. The van der Waals surface area contributed by atoms with Gasteiger partial charge in [0.05, 0.1) is 6.61 Å². The van der Waals surface area contributed by atoms with E-state index in [-0.39, 0.29) is 5.78 Å². The summed E-state index contributed by atoms with van der Waals surface area (Å²) < 4.78 is 5.53. The van der Waals surface area contributed by atoms with Gasteiger partial charge in [-0.05, 0) is 19.4 Å². The van der Waals surface area contributed by atoms with Gasteiger partial charge < -0.3 is 4.74 Å². The Hall–Kier alpha value is -0.830. The highest BCUT2D eigenvalue weighted by Crippen LogP contribution is 2.24. The van der Waals surface area contributed by atoms with E-state index in [2.05, 4.69) is 15.9 Å². The van der Waals surface area contributed by atoms with Crippen LogP contribution in [0.4, 0.5) is 0 Å². The number of carbonyl (C=O) groups is 1. The van der Waals surface area contributed by atoms with Gasteiger partial charge in [0.2, 0.25) is 0 Å². The summed E-state index contributed by atoms with van der Waals surface area (Å²) in [7, 11) is 0. The summed E-state index contributed by atoms with van der Waals surface area (Å²) in [6.07, 6.45) is 1.35. The number of benzene rings is 1. The van der Waals surface area contributed by atoms with Gasteiger partial charge in [0.25, 0.3) is 0 Å². The highest BCUT2D eigenvalue weighted by Gasteiger charge is 2.13. The minimum atomic E-state index is 0.176. The lowest BCUT2D eigenvalue weighted by Crippen LogP contribution is -2.06. The van der Waals surface area contributed by atoms with Crippen molar-refractivity contribution in [2.24, 2.45) is 0 Å². The molecule has 1 rings (SSSR count). The second-order valence-electron chi connectivity index (χ2n) is 3.43. The molecule has 88 valence electrons. The molecule has 0 aliphatic heterocycles. The zero-order chi connectivity index (χ0) is 12.0. The highest BCUT2D eigenvalue weighted by molar-refractivity contribution is 9.09. The van der Waals surface area contributed by atoms with Crippen LogP contribution < -0.4 is 4.74 Å². The van der Waals surface area contributed by atoms with Gasteiger partial charge in [-0.3, -0.25) is 4.79 Å². The number of ether oxygens (including phenoxy) is 1. The number of ketones is 1. The summed E-state index contributed by atoms with van der Waals surface area (Å²) in [5, 5.41) is 0.702. The fourth-order valence-electron chi connectivity index (χ4n) is 1.70. The van der Waals surface area contributed by atoms with Gasteiger partial charge in [0.1, 0.15) is 5.75 Å². The molecule has 0 fully saturated rings. The van der Waals surface area contributed by atoms with Crippen LogP contribution in [0.25, 0.3) is 0 Å². The van der Waals surface area contributed by atoms with E-state index < -0.39 is 0 Å². The van der Waals surface area contributed by atoms with Crippen molar-refractivity contribution in [1.29, 1.82) is 0 Å². The third-order valence-corrected chi connectivity index (χ3v) is 2.80. The number of hydrogen-bond donors (Lipinski definition) is 0. The van der Waals surface area contributed by atoms with Crippen LogP contribution in [-0.2, 0) is 6.42 Å². The van der Waals surface area contributed by atoms with E-state index in [9.17, 15) is 4.79 Å². The number of rotatable bonds is 6. The summed E-state index contributed by atoms with van der Waals surface area (Å²) in [5.74, 6) is 1.01. The molecule has 0 heterocycles. The minimum absolute atomic E-state index is 0.176. The number of Topliss-reactive ketones (excluding diaryl/α,β-unsaturated/α-hetero) is 1. The van der Waals surface area contributed by atoms with E-state index in [0.29, 0.717) is 18.4 Å². The Morgan fingerprint density at radius 2 is 2.12 bits per heavy atom. The van der Waals surface area contributed by atoms with Crippen molar-refractivity contribution in [2.45, 2.75) is 26.7 Å². The Morgan fingerprint density at radius 3 is 2.69 bits per heavy atom. The lowest BCUT2D eigenvalue weighted by Gasteiger charge is -2.12. The summed E-state index contributed by atoms with van der Waals surface area (Å²) in [6, 6.07) is 5.69. The highest BCUT2D eigenvalue weighted by atomic mass is 79.9. The van der Waals surface area contributed by atoms with E-state index in [1.807, 2.05) is 32.0 Å². The van der Waals surface area contributed by atoms with Crippen LogP contribution in [0, 0.1) is 0 Å². The van der Waals surface area contributed by atoms with Crippen molar-refractivity contribution in [1.82, 2.24) is 0 Å². The molecule has 0 spiro atoms. The molecule has 0 bridgehead atoms. The van der Waals surface area contributed by atoms with Gasteiger partial charge in [-0.25, -0.2) is 0 Å². The van der Waals surface area contributed by atoms with Gasteiger partial charge in [0, 0.05) is 22.9 Å². The van der Waals surface area contributed by atoms with Gasteiger partial charge in [-0.2, -0.15) is 0 Å². The van der Waals surface area contributed by atoms with Crippen molar-refractivity contribution in [3.63, 3.8) is 0 Å². The SMILES string of the molecule is CCOc1cccc(C(=O)CCBr)c1CC. The molecule has 0 amide bonds. The molecule has 1 aromatic rings. The monoisotopic (exact) mass is 284 g/mol. The summed E-state index contributed by atoms with van der Waals surface area (Å²) >= 11 is 3.29. The van der Waals surface area contributed by atoms with E-state index in [1.165, 1.54) is 0 Å². The molecule has 0 aliphatic carbocycles. The Balaban J connectivity index is 3.08. The molecule has 0 aromatic heterocycles. The van der Waals surface area contributed by atoms with Crippen LogP contribution in [0.1, 0.15) is 36.2 Å². The maximum Gasteiger partial charge on any atom is 0.164 e. The van der Waals surface area contributed by atoms with Crippen molar-refractivity contribution in [3.05, 3.63) is 29.3 Å². The first-order chi connectivity index (χ1) is 7.74. The largest absolute Gasteiger partial charge is 0.494 e.